The van der Waals surface area contributed by atoms with Crippen LogP contribution < -0.4 is 10.0 Å². The molecule has 2 N–H and O–H groups in total. The van der Waals surface area contributed by atoms with Crippen molar-refractivity contribution in [1.29, 1.82) is 0 Å². The van der Waals surface area contributed by atoms with Crippen LogP contribution in [0.25, 0.3) is 0 Å². The van der Waals surface area contributed by atoms with E-state index in [-0.39, 0.29) is 4.90 Å². The van der Waals surface area contributed by atoms with Crippen molar-refractivity contribution < 1.29 is 8.42 Å². The van der Waals surface area contributed by atoms with Crippen LogP contribution in [0.3, 0.4) is 0 Å². The zero-order chi connectivity index (χ0) is 14.4. The second-order valence-electron chi connectivity index (χ2n) is 5.32. The van der Waals surface area contributed by atoms with E-state index < -0.39 is 10.0 Å². The summed E-state index contributed by atoms with van der Waals surface area (Å²) in [6.07, 6.45) is 8.82. The third-order valence-corrected chi connectivity index (χ3v) is 5.31. The maximum atomic E-state index is 12.1. The average molecular weight is 297 g/mol. The molecule has 1 aliphatic rings. The fourth-order valence-corrected chi connectivity index (χ4v) is 3.78. The van der Waals surface area contributed by atoms with Gasteiger partial charge in [0.2, 0.25) is 10.0 Å². The van der Waals surface area contributed by atoms with Crippen LogP contribution >= 0.6 is 0 Å². The van der Waals surface area contributed by atoms with Gasteiger partial charge in [-0.2, -0.15) is 0 Å². The fourth-order valence-electron chi connectivity index (χ4n) is 2.69. The zero-order valence-electron chi connectivity index (χ0n) is 11.9. The van der Waals surface area contributed by atoms with Crippen molar-refractivity contribution in [2.45, 2.75) is 43.4 Å². The van der Waals surface area contributed by atoms with Crippen molar-refractivity contribution >= 4 is 15.8 Å². The van der Waals surface area contributed by atoms with Gasteiger partial charge in [-0.1, -0.05) is 25.7 Å². The van der Waals surface area contributed by atoms with Gasteiger partial charge in [0.05, 0.1) is 4.90 Å². The summed E-state index contributed by atoms with van der Waals surface area (Å²) >= 11 is 0. The minimum absolute atomic E-state index is 0.262. The molecular weight excluding hydrogens is 274 g/mol. The van der Waals surface area contributed by atoms with Gasteiger partial charge in [0, 0.05) is 25.9 Å². The summed E-state index contributed by atoms with van der Waals surface area (Å²) in [4.78, 5) is 4.28. The van der Waals surface area contributed by atoms with Crippen molar-refractivity contribution in [3.05, 3.63) is 18.3 Å². The molecular formula is C14H23N3O2S. The molecule has 0 aliphatic heterocycles. The maximum absolute atomic E-state index is 12.1. The Bertz CT molecular complexity index is 525. The number of hydrogen-bond donors (Lipinski definition) is 2. The molecule has 1 aromatic heterocycles. The summed E-state index contributed by atoms with van der Waals surface area (Å²) in [5.74, 6) is 1.36. The molecule has 1 aromatic rings. The molecule has 5 nitrogen and oxygen atoms in total. The lowest BCUT2D eigenvalue weighted by Crippen LogP contribution is -2.25. The molecule has 0 aromatic carbocycles. The maximum Gasteiger partial charge on any atom is 0.240 e. The first-order chi connectivity index (χ1) is 9.62. The molecule has 6 heteroatoms. The van der Waals surface area contributed by atoms with Crippen LogP contribution in [0.5, 0.6) is 0 Å². The Hall–Kier alpha value is -1.14. The zero-order valence-corrected chi connectivity index (χ0v) is 12.7. The summed E-state index contributed by atoms with van der Waals surface area (Å²) in [5, 5.41) is 2.84. The number of rotatable bonds is 7. The van der Waals surface area contributed by atoms with Crippen LogP contribution in [0.4, 0.5) is 5.82 Å². The summed E-state index contributed by atoms with van der Waals surface area (Å²) in [6.45, 7) is 0.510. The molecule has 1 aliphatic carbocycles. The van der Waals surface area contributed by atoms with E-state index in [0.29, 0.717) is 12.4 Å². The standard InChI is InChI=1S/C14H23N3O2S/c1-15-14-11-13(8-10-16-14)20(18,19)17-9-4-7-12-5-2-3-6-12/h8,10-12,17H,2-7,9H2,1H3,(H,15,16). The lowest BCUT2D eigenvalue weighted by Gasteiger charge is -2.10. The highest BCUT2D eigenvalue weighted by Crippen LogP contribution is 2.28. The molecule has 1 heterocycles. The molecule has 0 spiro atoms. The Morgan fingerprint density at radius 2 is 2.10 bits per heavy atom. The predicted octanol–water partition coefficient (Wildman–Crippen LogP) is 2.37. The van der Waals surface area contributed by atoms with Crippen molar-refractivity contribution in [2.75, 3.05) is 18.9 Å². The van der Waals surface area contributed by atoms with Crippen LogP contribution in [-0.2, 0) is 10.0 Å². The minimum Gasteiger partial charge on any atom is -0.373 e. The number of anilines is 1. The third-order valence-electron chi connectivity index (χ3n) is 3.85. The Kier molecular flexibility index (Phi) is 5.37. The van der Waals surface area contributed by atoms with E-state index in [1.807, 2.05) is 0 Å². The largest absolute Gasteiger partial charge is 0.373 e. The van der Waals surface area contributed by atoms with Gasteiger partial charge in [-0.3, -0.25) is 0 Å². The summed E-state index contributed by atoms with van der Waals surface area (Å²) < 4.78 is 26.9. The van der Waals surface area contributed by atoms with Crippen LogP contribution in [0.2, 0.25) is 0 Å². The lowest BCUT2D eigenvalue weighted by molar-refractivity contribution is 0.480. The van der Waals surface area contributed by atoms with Crippen LogP contribution in [-0.4, -0.2) is 27.0 Å². The van der Waals surface area contributed by atoms with Gasteiger partial charge < -0.3 is 5.32 Å². The van der Waals surface area contributed by atoms with Crippen LogP contribution in [0.1, 0.15) is 38.5 Å². The van der Waals surface area contributed by atoms with E-state index in [0.717, 1.165) is 18.8 Å². The lowest BCUT2D eigenvalue weighted by atomic mass is 10.0. The van der Waals surface area contributed by atoms with Gasteiger partial charge in [-0.05, 0) is 24.8 Å². The van der Waals surface area contributed by atoms with Crippen LogP contribution in [0, 0.1) is 5.92 Å². The number of nitrogens with one attached hydrogen (secondary N) is 2. The molecule has 2 rings (SSSR count). The van der Waals surface area contributed by atoms with Gasteiger partial charge in [-0.15, -0.1) is 0 Å². The number of nitrogens with zero attached hydrogens (tertiary/aromatic N) is 1. The molecule has 20 heavy (non-hydrogen) atoms. The van der Waals surface area contributed by atoms with Crippen LogP contribution in [0.15, 0.2) is 23.2 Å². The van der Waals surface area contributed by atoms with Gasteiger partial charge >= 0.3 is 0 Å². The summed E-state index contributed by atoms with van der Waals surface area (Å²) in [6, 6.07) is 3.06. The summed E-state index contributed by atoms with van der Waals surface area (Å²) in [5.41, 5.74) is 0. The molecule has 1 saturated carbocycles. The molecule has 0 amide bonds. The fraction of sp³-hybridized carbons (Fsp3) is 0.643. The Labute approximate surface area is 121 Å². The number of aromatic nitrogens is 1. The van der Waals surface area contributed by atoms with Gasteiger partial charge in [0.15, 0.2) is 0 Å². The minimum atomic E-state index is -3.42. The Morgan fingerprint density at radius 1 is 1.35 bits per heavy atom. The number of sulfonamides is 1. The van der Waals surface area contributed by atoms with E-state index in [1.54, 1.807) is 13.1 Å². The van der Waals surface area contributed by atoms with Gasteiger partial charge in [-0.25, -0.2) is 18.1 Å². The Balaban J connectivity index is 1.83. The molecule has 1 fully saturated rings. The summed E-state index contributed by atoms with van der Waals surface area (Å²) in [7, 11) is -1.70. The van der Waals surface area contributed by atoms with Crippen molar-refractivity contribution in [3.8, 4) is 0 Å². The van der Waals surface area contributed by atoms with Crippen molar-refractivity contribution in [2.24, 2.45) is 5.92 Å². The molecule has 0 atom stereocenters. The number of pyridine rings is 1. The molecule has 0 saturated heterocycles. The van der Waals surface area contributed by atoms with E-state index in [1.165, 1.54) is 37.9 Å². The van der Waals surface area contributed by atoms with Crippen molar-refractivity contribution in [3.63, 3.8) is 0 Å². The SMILES string of the molecule is CNc1cc(S(=O)(=O)NCCCC2CCCC2)ccn1. The smallest absolute Gasteiger partial charge is 0.240 e. The van der Waals surface area contributed by atoms with E-state index in [9.17, 15) is 8.42 Å². The molecule has 0 radical (unpaired) electrons. The Morgan fingerprint density at radius 3 is 2.80 bits per heavy atom. The van der Waals surface area contributed by atoms with E-state index >= 15 is 0 Å². The normalized spacial score (nSPS) is 16.4. The molecule has 0 bridgehead atoms. The second-order valence-corrected chi connectivity index (χ2v) is 7.08. The third kappa shape index (κ3) is 4.18. The van der Waals surface area contributed by atoms with Gasteiger partial charge in [0.25, 0.3) is 0 Å². The molecule has 0 unspecified atom stereocenters. The highest BCUT2D eigenvalue weighted by molar-refractivity contribution is 7.89. The quantitative estimate of drug-likeness (QED) is 0.758. The first-order valence-electron chi connectivity index (χ1n) is 7.25. The highest BCUT2D eigenvalue weighted by Gasteiger charge is 2.16. The first kappa shape index (κ1) is 15.3. The topological polar surface area (TPSA) is 71.1 Å². The highest BCUT2D eigenvalue weighted by atomic mass is 32.2. The van der Waals surface area contributed by atoms with Gasteiger partial charge in [0.1, 0.15) is 5.82 Å². The predicted molar refractivity (Wildman–Crippen MR) is 80.2 cm³/mol. The molecule has 112 valence electrons. The monoisotopic (exact) mass is 297 g/mol. The van der Waals surface area contributed by atoms with Crippen molar-refractivity contribution in [1.82, 2.24) is 9.71 Å². The van der Waals surface area contributed by atoms with E-state index in [2.05, 4.69) is 15.0 Å². The van der Waals surface area contributed by atoms with E-state index in [4.69, 9.17) is 0 Å². The number of hydrogen-bond acceptors (Lipinski definition) is 4. The average Bonchev–Trinajstić information content (AvgIpc) is 2.97. The first-order valence-corrected chi connectivity index (χ1v) is 8.73. The second kappa shape index (κ2) is 7.04.